The molecule has 0 heterocycles. The van der Waals surface area contributed by atoms with Crippen LogP contribution in [0.4, 0.5) is 0 Å². The first-order valence-electron chi connectivity index (χ1n) is 14.6. The van der Waals surface area contributed by atoms with Crippen molar-refractivity contribution in [2.45, 2.75) is 128 Å². The minimum absolute atomic E-state index is 0.0563. The fourth-order valence-electron chi connectivity index (χ4n) is 4.84. The zero-order chi connectivity index (χ0) is 26.9. The van der Waals surface area contributed by atoms with E-state index in [4.69, 9.17) is 4.74 Å². The van der Waals surface area contributed by atoms with Crippen LogP contribution in [-0.4, -0.2) is 37.8 Å². The van der Waals surface area contributed by atoms with Crippen LogP contribution in [0.25, 0.3) is 0 Å². The van der Waals surface area contributed by atoms with E-state index in [1.165, 1.54) is 74.9 Å². The molecule has 210 valence electrons. The molecule has 0 radical (unpaired) electrons. The lowest BCUT2D eigenvalue weighted by molar-refractivity contribution is -0.161. The fourth-order valence-corrected chi connectivity index (χ4v) is 5.41. The Bertz CT molecular complexity index is 868. The summed E-state index contributed by atoms with van der Waals surface area (Å²) in [5.74, 6) is -1.18. The highest BCUT2D eigenvalue weighted by Gasteiger charge is 2.53. The molecule has 0 spiro atoms. The van der Waals surface area contributed by atoms with E-state index >= 15 is 0 Å². The van der Waals surface area contributed by atoms with Gasteiger partial charge in [-0.1, -0.05) is 120 Å². The zero-order valence-electron chi connectivity index (χ0n) is 23.2. The minimum Gasteiger partial charge on any atom is -0.392 e. The summed E-state index contributed by atoms with van der Waals surface area (Å²) in [5, 5.41) is 0. The van der Waals surface area contributed by atoms with Crippen LogP contribution in [-0.2, 0) is 30.6 Å². The van der Waals surface area contributed by atoms with Gasteiger partial charge in [-0.3, -0.25) is 9.59 Å². The fraction of sp³-hybridized carbons (Fsp3) is 0.733. The Balaban J connectivity index is 1.53. The van der Waals surface area contributed by atoms with E-state index in [0.717, 1.165) is 30.4 Å². The number of hydrogen-bond donors (Lipinski definition) is 1. The van der Waals surface area contributed by atoms with Gasteiger partial charge >= 0.3 is 11.9 Å². The van der Waals surface area contributed by atoms with E-state index in [1.807, 2.05) is 31.2 Å². The second-order valence-electron chi connectivity index (χ2n) is 10.7. The van der Waals surface area contributed by atoms with Gasteiger partial charge in [-0.25, -0.2) is 12.7 Å². The number of unbranched alkanes of at least 4 members (excludes halogenated alkanes) is 13. The highest BCUT2D eigenvalue weighted by molar-refractivity contribution is 7.69. The molecule has 0 N–H and O–H groups in total. The lowest BCUT2D eigenvalue weighted by Crippen LogP contribution is -2.30. The Kier molecular flexibility index (Phi) is 15.1. The summed E-state index contributed by atoms with van der Waals surface area (Å²) in [6.45, 7) is 4.70. The average Bonchev–Trinajstić information content (AvgIpc) is 3.68. The molecule has 0 aliphatic heterocycles. The number of esters is 2. The Morgan fingerprint density at radius 3 is 1.73 bits per heavy atom. The van der Waals surface area contributed by atoms with Gasteiger partial charge in [-0.15, -0.1) is 0 Å². The third-order valence-corrected chi connectivity index (χ3v) is 8.39. The van der Waals surface area contributed by atoms with E-state index < -0.39 is 28.2 Å². The first kappa shape index (κ1) is 31.5. The smallest absolute Gasteiger partial charge is 0.324 e. The molecule has 1 aromatic rings. The maximum atomic E-state index is 12.6. The summed E-state index contributed by atoms with van der Waals surface area (Å²) in [4.78, 5) is 24.9. The molecule has 0 bridgehead atoms. The van der Waals surface area contributed by atoms with Gasteiger partial charge in [0.05, 0.1) is 11.8 Å². The lowest BCUT2D eigenvalue weighted by Gasteiger charge is -2.16. The molecule has 1 aromatic carbocycles. The summed E-state index contributed by atoms with van der Waals surface area (Å²) in [7, 11) is -2.77. The molecule has 37 heavy (non-hydrogen) atoms. The van der Waals surface area contributed by atoms with E-state index in [2.05, 4.69) is 6.92 Å². The molecule has 0 unspecified atom stereocenters. The molecule has 6 nitrogen and oxygen atoms in total. The van der Waals surface area contributed by atoms with E-state index in [1.54, 1.807) is 0 Å². The van der Waals surface area contributed by atoms with Gasteiger partial charge in [0.1, 0.15) is 0 Å². The molecule has 0 atom stereocenters. The average molecular weight is 536 g/mol. The van der Waals surface area contributed by atoms with Crippen LogP contribution >= 0.6 is 0 Å². The molecular formula is C30H49NO5S. The minimum atomic E-state index is -2.77. The quantitative estimate of drug-likeness (QED) is 0.0811. The van der Waals surface area contributed by atoms with E-state index in [0.29, 0.717) is 19.4 Å². The third-order valence-electron chi connectivity index (χ3n) is 7.53. The van der Waals surface area contributed by atoms with Crippen molar-refractivity contribution in [1.82, 2.24) is 4.31 Å². The van der Waals surface area contributed by atoms with Gasteiger partial charge in [-0.2, -0.15) is 0 Å². The lowest BCUT2D eigenvalue weighted by atomic mass is 9.95. The standard InChI is InChI=1S/C30H49NO5S/c1-3-4-5-6-7-8-9-10-11-12-13-14-15-16-24-31(37(34)35)25-21-28(32)36-29(33)30(22-23-30)27-19-17-26(2)18-20-27/h17-20,37H,3-16,21-25H2,1-2H3. The predicted octanol–water partition coefficient (Wildman–Crippen LogP) is 6.80. The maximum absolute atomic E-state index is 12.6. The van der Waals surface area contributed by atoms with Crippen molar-refractivity contribution in [3.63, 3.8) is 0 Å². The molecule has 1 saturated carbocycles. The zero-order valence-corrected chi connectivity index (χ0v) is 24.1. The Labute approximate surface area is 226 Å². The van der Waals surface area contributed by atoms with Gasteiger partial charge in [0, 0.05) is 13.1 Å². The monoisotopic (exact) mass is 535 g/mol. The van der Waals surface area contributed by atoms with Crippen LogP contribution in [0.5, 0.6) is 0 Å². The van der Waals surface area contributed by atoms with Crippen LogP contribution in [0, 0.1) is 6.92 Å². The topological polar surface area (TPSA) is 80.8 Å². The van der Waals surface area contributed by atoms with Crippen molar-refractivity contribution in [2.75, 3.05) is 13.1 Å². The first-order chi connectivity index (χ1) is 17.9. The molecule has 0 saturated heterocycles. The number of carbonyl (C=O) groups is 2. The second kappa shape index (κ2) is 17.7. The second-order valence-corrected chi connectivity index (χ2v) is 11.8. The molecule has 7 heteroatoms. The Hall–Kier alpha value is -1.73. The van der Waals surface area contributed by atoms with Crippen molar-refractivity contribution in [1.29, 1.82) is 0 Å². The number of aryl methyl sites for hydroxylation is 1. The molecule has 0 aromatic heterocycles. The van der Waals surface area contributed by atoms with Crippen molar-refractivity contribution >= 4 is 22.8 Å². The molecule has 0 amide bonds. The highest BCUT2D eigenvalue weighted by atomic mass is 32.2. The Morgan fingerprint density at radius 1 is 0.784 bits per heavy atom. The van der Waals surface area contributed by atoms with Crippen molar-refractivity contribution in [3.05, 3.63) is 35.4 Å². The number of hydrogen-bond acceptors (Lipinski definition) is 5. The first-order valence-corrected chi connectivity index (χ1v) is 15.7. The summed E-state index contributed by atoms with van der Waals surface area (Å²) in [6, 6.07) is 7.72. The van der Waals surface area contributed by atoms with Crippen LogP contribution in [0.1, 0.15) is 127 Å². The molecular weight excluding hydrogens is 486 g/mol. The number of rotatable bonds is 21. The van der Waals surface area contributed by atoms with Crippen LogP contribution in [0.15, 0.2) is 24.3 Å². The Morgan fingerprint density at radius 2 is 1.27 bits per heavy atom. The van der Waals surface area contributed by atoms with Gasteiger partial charge in [0.2, 0.25) is 10.9 Å². The summed E-state index contributed by atoms with van der Waals surface area (Å²) >= 11 is 0. The largest absolute Gasteiger partial charge is 0.392 e. The van der Waals surface area contributed by atoms with Gasteiger partial charge in [0.25, 0.3) is 0 Å². The van der Waals surface area contributed by atoms with Crippen molar-refractivity contribution < 1.29 is 22.7 Å². The van der Waals surface area contributed by atoms with E-state index in [-0.39, 0.29) is 13.0 Å². The highest BCUT2D eigenvalue weighted by Crippen LogP contribution is 2.49. The van der Waals surface area contributed by atoms with E-state index in [9.17, 15) is 18.0 Å². The number of thiol groups is 1. The van der Waals surface area contributed by atoms with Crippen LogP contribution in [0.3, 0.4) is 0 Å². The SMILES string of the molecule is CCCCCCCCCCCCCCCCN(CCC(=O)OC(=O)C1(c2ccc(C)cc2)CC1)[SH](=O)=O. The molecule has 1 aliphatic rings. The van der Waals surface area contributed by atoms with Gasteiger partial charge in [-0.05, 0) is 31.7 Å². The summed E-state index contributed by atoms with van der Waals surface area (Å²) in [6.07, 6.45) is 18.7. The number of ether oxygens (including phenoxy) is 1. The van der Waals surface area contributed by atoms with Crippen LogP contribution < -0.4 is 0 Å². The normalized spacial score (nSPS) is 14.3. The number of benzene rings is 1. The maximum Gasteiger partial charge on any atom is 0.324 e. The van der Waals surface area contributed by atoms with Crippen molar-refractivity contribution in [3.8, 4) is 0 Å². The predicted molar refractivity (Wildman–Crippen MR) is 150 cm³/mol. The number of nitrogens with zero attached hydrogens (tertiary/aromatic N) is 1. The summed E-state index contributed by atoms with van der Waals surface area (Å²) < 4.78 is 29.7. The molecule has 2 rings (SSSR count). The van der Waals surface area contributed by atoms with Crippen LogP contribution in [0.2, 0.25) is 0 Å². The van der Waals surface area contributed by atoms with Gasteiger partial charge < -0.3 is 4.74 Å². The molecule has 1 aliphatic carbocycles. The third kappa shape index (κ3) is 12.1. The molecule has 1 fully saturated rings. The number of carbonyl (C=O) groups excluding carboxylic acids is 2. The van der Waals surface area contributed by atoms with Gasteiger partial charge in [0.15, 0.2) is 0 Å². The van der Waals surface area contributed by atoms with Crippen molar-refractivity contribution in [2.24, 2.45) is 0 Å². The summed E-state index contributed by atoms with van der Waals surface area (Å²) in [5.41, 5.74) is 1.26.